The maximum atomic E-state index is 10.9. The summed E-state index contributed by atoms with van der Waals surface area (Å²) in [5.41, 5.74) is 4.69. The molecule has 27 heavy (non-hydrogen) atoms. The molecule has 6 heteroatoms. The highest BCUT2D eigenvalue weighted by atomic mass is 16.5. The van der Waals surface area contributed by atoms with Gasteiger partial charge in [-0.2, -0.15) is 5.10 Å². The van der Waals surface area contributed by atoms with E-state index in [4.69, 9.17) is 14.6 Å². The summed E-state index contributed by atoms with van der Waals surface area (Å²) >= 11 is 0. The van der Waals surface area contributed by atoms with Crippen LogP contribution >= 0.6 is 0 Å². The van der Waals surface area contributed by atoms with Crippen LogP contribution in [0.2, 0.25) is 0 Å². The fraction of sp³-hybridized carbons (Fsp3) is 0.333. The molecule has 0 bridgehead atoms. The van der Waals surface area contributed by atoms with Crippen molar-refractivity contribution in [3.05, 3.63) is 53.6 Å². The normalized spacial score (nSPS) is 10.7. The molecule has 0 unspecified atom stereocenters. The Morgan fingerprint density at radius 1 is 1.07 bits per heavy atom. The Bertz CT molecular complexity index is 757. The van der Waals surface area contributed by atoms with Crippen LogP contribution in [0.5, 0.6) is 11.5 Å². The lowest BCUT2D eigenvalue weighted by molar-refractivity contribution is 0.0697. The maximum absolute atomic E-state index is 10.9. The zero-order valence-electron chi connectivity index (χ0n) is 15.8. The quantitative estimate of drug-likeness (QED) is 0.337. The van der Waals surface area contributed by atoms with Gasteiger partial charge in [0.05, 0.1) is 30.7 Å². The first-order valence-electron chi connectivity index (χ1n) is 9.16. The Hall–Kier alpha value is -3.02. The second-order valence-corrected chi connectivity index (χ2v) is 5.95. The summed E-state index contributed by atoms with van der Waals surface area (Å²) in [4.78, 5) is 10.9. The molecule has 0 aliphatic carbocycles. The number of hydrogen-bond acceptors (Lipinski definition) is 5. The van der Waals surface area contributed by atoms with Gasteiger partial charge < -0.3 is 14.6 Å². The molecular weight excluding hydrogens is 344 g/mol. The van der Waals surface area contributed by atoms with Crippen molar-refractivity contribution < 1.29 is 19.4 Å². The summed E-state index contributed by atoms with van der Waals surface area (Å²) in [6.45, 7) is 5.33. The minimum atomic E-state index is -0.953. The number of aromatic carboxylic acids is 1. The number of anilines is 1. The standard InChI is InChI=1S/C21H26N2O4/c1-3-5-6-13-27-19-12-7-16(14-20(19)26-4-2)15-22-23-18-10-8-17(9-11-18)21(24)25/h7-12,14-15,23H,3-6,13H2,1-2H3,(H,24,25)/b22-15+. The van der Waals surface area contributed by atoms with Crippen LogP contribution in [-0.2, 0) is 0 Å². The number of unbranched alkanes of at least 4 members (excludes halogenated alkanes) is 2. The average Bonchev–Trinajstić information content (AvgIpc) is 2.67. The van der Waals surface area contributed by atoms with E-state index in [2.05, 4.69) is 17.5 Å². The van der Waals surface area contributed by atoms with Gasteiger partial charge in [0, 0.05) is 0 Å². The molecule has 0 saturated heterocycles. The van der Waals surface area contributed by atoms with Crippen LogP contribution < -0.4 is 14.9 Å². The third kappa shape index (κ3) is 6.66. The van der Waals surface area contributed by atoms with Crippen molar-refractivity contribution in [1.82, 2.24) is 0 Å². The molecule has 0 aliphatic heterocycles. The van der Waals surface area contributed by atoms with E-state index in [-0.39, 0.29) is 5.56 Å². The highest BCUT2D eigenvalue weighted by molar-refractivity contribution is 5.88. The first kappa shape index (κ1) is 20.3. The van der Waals surface area contributed by atoms with E-state index in [0.29, 0.717) is 24.7 Å². The number of hydrazone groups is 1. The van der Waals surface area contributed by atoms with Crippen molar-refractivity contribution in [3.63, 3.8) is 0 Å². The predicted molar refractivity (Wildman–Crippen MR) is 107 cm³/mol. The van der Waals surface area contributed by atoms with E-state index in [1.54, 1.807) is 18.3 Å². The second kappa shape index (κ2) is 10.9. The molecule has 144 valence electrons. The fourth-order valence-corrected chi connectivity index (χ4v) is 2.40. The van der Waals surface area contributed by atoms with Gasteiger partial charge >= 0.3 is 5.97 Å². The van der Waals surface area contributed by atoms with Crippen LogP contribution in [-0.4, -0.2) is 30.5 Å². The molecule has 6 nitrogen and oxygen atoms in total. The fourth-order valence-electron chi connectivity index (χ4n) is 2.40. The molecule has 2 N–H and O–H groups in total. The minimum Gasteiger partial charge on any atom is -0.490 e. The summed E-state index contributed by atoms with van der Waals surface area (Å²) in [5.74, 6) is 0.483. The van der Waals surface area contributed by atoms with Crippen LogP contribution in [0.1, 0.15) is 49.0 Å². The first-order chi connectivity index (χ1) is 13.1. The lowest BCUT2D eigenvalue weighted by atomic mass is 10.2. The molecule has 0 spiro atoms. The van der Waals surface area contributed by atoms with E-state index in [9.17, 15) is 4.79 Å². The lowest BCUT2D eigenvalue weighted by Gasteiger charge is -2.12. The smallest absolute Gasteiger partial charge is 0.335 e. The zero-order chi connectivity index (χ0) is 19.5. The van der Waals surface area contributed by atoms with E-state index in [1.165, 1.54) is 12.1 Å². The van der Waals surface area contributed by atoms with Crippen LogP contribution in [0.25, 0.3) is 0 Å². The molecule has 0 heterocycles. The van der Waals surface area contributed by atoms with Crippen molar-refractivity contribution in [3.8, 4) is 11.5 Å². The molecular formula is C21H26N2O4. The van der Waals surface area contributed by atoms with Gasteiger partial charge in [-0.3, -0.25) is 5.43 Å². The number of carbonyl (C=O) groups is 1. The number of benzene rings is 2. The van der Waals surface area contributed by atoms with E-state index >= 15 is 0 Å². The minimum absolute atomic E-state index is 0.236. The van der Waals surface area contributed by atoms with Gasteiger partial charge in [0.2, 0.25) is 0 Å². The largest absolute Gasteiger partial charge is 0.490 e. The van der Waals surface area contributed by atoms with Crippen LogP contribution in [0.3, 0.4) is 0 Å². The maximum Gasteiger partial charge on any atom is 0.335 e. The summed E-state index contributed by atoms with van der Waals surface area (Å²) in [6.07, 6.45) is 5.00. The SMILES string of the molecule is CCCCCOc1ccc(/C=N/Nc2ccc(C(=O)O)cc2)cc1OCC. The average molecular weight is 370 g/mol. The monoisotopic (exact) mass is 370 g/mol. The molecule has 0 fully saturated rings. The Balaban J connectivity index is 1.99. The van der Waals surface area contributed by atoms with Crippen molar-refractivity contribution in [2.75, 3.05) is 18.6 Å². The third-order valence-electron chi connectivity index (χ3n) is 3.81. The summed E-state index contributed by atoms with van der Waals surface area (Å²) < 4.78 is 11.5. The van der Waals surface area contributed by atoms with Crippen molar-refractivity contribution in [2.24, 2.45) is 5.10 Å². The molecule has 0 atom stereocenters. The predicted octanol–water partition coefficient (Wildman–Crippen LogP) is 4.80. The number of carboxylic acid groups (broad SMARTS) is 1. The number of ether oxygens (including phenoxy) is 2. The molecule has 2 aromatic carbocycles. The Labute approximate surface area is 159 Å². The molecule has 0 aliphatic rings. The third-order valence-corrected chi connectivity index (χ3v) is 3.81. The van der Waals surface area contributed by atoms with Gasteiger partial charge in [0.15, 0.2) is 11.5 Å². The van der Waals surface area contributed by atoms with Crippen molar-refractivity contribution >= 4 is 17.9 Å². The van der Waals surface area contributed by atoms with Crippen LogP contribution in [0.4, 0.5) is 5.69 Å². The number of rotatable bonds is 11. The van der Waals surface area contributed by atoms with E-state index in [0.717, 1.165) is 30.6 Å². The van der Waals surface area contributed by atoms with Crippen molar-refractivity contribution in [1.29, 1.82) is 0 Å². The summed E-state index contributed by atoms with van der Waals surface area (Å²) in [7, 11) is 0. The summed E-state index contributed by atoms with van der Waals surface area (Å²) in [5, 5.41) is 13.1. The molecule has 2 aromatic rings. The lowest BCUT2D eigenvalue weighted by Crippen LogP contribution is -2.01. The number of hydrogen-bond donors (Lipinski definition) is 2. The summed E-state index contributed by atoms with van der Waals surface area (Å²) in [6, 6.07) is 12.1. The van der Waals surface area contributed by atoms with Gasteiger partial charge in [-0.05, 0) is 61.4 Å². The molecule has 0 radical (unpaired) electrons. The number of nitrogens with one attached hydrogen (secondary N) is 1. The first-order valence-corrected chi connectivity index (χ1v) is 9.16. The highest BCUT2D eigenvalue weighted by Gasteiger charge is 2.06. The van der Waals surface area contributed by atoms with Gasteiger partial charge in [-0.15, -0.1) is 0 Å². The van der Waals surface area contributed by atoms with E-state index in [1.807, 2.05) is 25.1 Å². The number of carboxylic acids is 1. The highest BCUT2D eigenvalue weighted by Crippen LogP contribution is 2.28. The van der Waals surface area contributed by atoms with Gasteiger partial charge in [0.25, 0.3) is 0 Å². The molecule has 0 saturated carbocycles. The Kier molecular flexibility index (Phi) is 8.16. The zero-order valence-corrected chi connectivity index (χ0v) is 15.8. The molecule has 0 aromatic heterocycles. The van der Waals surface area contributed by atoms with Crippen LogP contribution in [0, 0.1) is 0 Å². The molecule has 2 rings (SSSR count). The Morgan fingerprint density at radius 3 is 2.52 bits per heavy atom. The van der Waals surface area contributed by atoms with E-state index < -0.39 is 5.97 Å². The second-order valence-electron chi connectivity index (χ2n) is 5.95. The van der Waals surface area contributed by atoms with Gasteiger partial charge in [-0.25, -0.2) is 4.79 Å². The van der Waals surface area contributed by atoms with Gasteiger partial charge in [0.1, 0.15) is 0 Å². The van der Waals surface area contributed by atoms with Crippen LogP contribution in [0.15, 0.2) is 47.6 Å². The van der Waals surface area contributed by atoms with Gasteiger partial charge in [-0.1, -0.05) is 19.8 Å². The topological polar surface area (TPSA) is 80.2 Å². The number of nitrogens with zero attached hydrogens (tertiary/aromatic N) is 1. The Morgan fingerprint density at radius 2 is 1.85 bits per heavy atom. The molecule has 0 amide bonds. The van der Waals surface area contributed by atoms with Crippen molar-refractivity contribution in [2.45, 2.75) is 33.1 Å².